The molecule has 2 aromatic heterocycles. The van der Waals surface area contributed by atoms with Gasteiger partial charge in [0.15, 0.2) is 0 Å². The van der Waals surface area contributed by atoms with Crippen molar-refractivity contribution < 1.29 is 14.6 Å². The summed E-state index contributed by atoms with van der Waals surface area (Å²) in [4.78, 5) is 9.13. The van der Waals surface area contributed by atoms with Crippen molar-refractivity contribution in [2.75, 3.05) is 36.9 Å². The molecule has 0 unspecified atom stereocenters. The largest absolute Gasteiger partial charge is 0.437 e. The number of aliphatic hydroxyl groups excluding tert-OH is 2. The highest BCUT2D eigenvalue weighted by Crippen LogP contribution is 2.41. The van der Waals surface area contributed by atoms with E-state index in [1.54, 1.807) is 0 Å². The lowest BCUT2D eigenvalue weighted by Crippen LogP contribution is -2.47. The molecule has 1 saturated carbocycles. The Morgan fingerprint density at radius 3 is 2.49 bits per heavy atom. The van der Waals surface area contributed by atoms with Crippen LogP contribution in [0.3, 0.4) is 0 Å². The normalized spacial score (nSPS) is 15.5. The quantitative estimate of drug-likeness (QED) is 0.223. The van der Waals surface area contributed by atoms with Gasteiger partial charge in [-0.3, -0.25) is 0 Å². The van der Waals surface area contributed by atoms with Crippen molar-refractivity contribution in [1.29, 1.82) is 0 Å². The van der Waals surface area contributed by atoms with E-state index in [0.29, 0.717) is 41.7 Å². The number of anilines is 2. The molecule has 0 amide bonds. The van der Waals surface area contributed by atoms with E-state index in [1.165, 1.54) is 0 Å². The summed E-state index contributed by atoms with van der Waals surface area (Å²) < 4.78 is 6.31. The molecular weight excluding hydrogens is 442 g/mol. The number of terminal acetylenes is 1. The Morgan fingerprint density at radius 1 is 1.14 bits per heavy atom. The van der Waals surface area contributed by atoms with Gasteiger partial charge in [-0.2, -0.15) is 9.97 Å². The van der Waals surface area contributed by atoms with Crippen molar-refractivity contribution >= 4 is 28.4 Å². The third-order valence-electron chi connectivity index (χ3n) is 6.21. The predicted molar refractivity (Wildman–Crippen MR) is 140 cm³/mol. The Bertz CT molecular complexity index is 1280. The SMILES string of the molecule is C#CC(=CC=C(C)c1oc2nc(NCCO)nc(NCCO)c2c1-c1ccccc1)C1(N)CCC1. The molecule has 1 fully saturated rings. The van der Waals surface area contributed by atoms with Crippen LogP contribution in [0.15, 0.2) is 52.5 Å². The first-order valence-electron chi connectivity index (χ1n) is 11.7. The van der Waals surface area contributed by atoms with Crippen LogP contribution in [0.25, 0.3) is 27.8 Å². The molecule has 0 atom stereocenters. The molecule has 8 nitrogen and oxygen atoms in total. The van der Waals surface area contributed by atoms with Gasteiger partial charge < -0.3 is 31.0 Å². The van der Waals surface area contributed by atoms with E-state index in [1.807, 2.05) is 49.4 Å². The summed E-state index contributed by atoms with van der Waals surface area (Å²) in [6.45, 7) is 2.44. The molecule has 3 aromatic rings. The van der Waals surface area contributed by atoms with E-state index >= 15 is 0 Å². The maximum Gasteiger partial charge on any atom is 0.234 e. The van der Waals surface area contributed by atoms with Gasteiger partial charge in [-0.1, -0.05) is 42.3 Å². The smallest absolute Gasteiger partial charge is 0.234 e. The standard InChI is InChI=1S/C27H31N5O3/c1-3-20(27(28)12-7-13-27)11-10-18(2)23-21(19-8-5-4-6-9-19)22-24(29-14-16-33)31-26(30-15-17-34)32-25(22)35-23/h1,4-6,8-11,33-34H,7,12-17,28H2,2H3,(H2,29,30,31,32). The zero-order chi connectivity index (χ0) is 24.8. The third kappa shape index (κ3) is 5.08. The molecule has 1 aliphatic rings. The lowest BCUT2D eigenvalue weighted by atomic mass is 9.72. The summed E-state index contributed by atoms with van der Waals surface area (Å²) in [5, 5.41) is 25.5. The average Bonchev–Trinajstić information content (AvgIpc) is 3.25. The number of benzene rings is 1. The minimum absolute atomic E-state index is 0.0598. The molecular formula is C27H31N5O3. The molecule has 4 rings (SSSR count). The van der Waals surface area contributed by atoms with Gasteiger partial charge in [0.05, 0.1) is 18.6 Å². The molecule has 8 heteroatoms. The number of allylic oxidation sites excluding steroid dienone is 3. The van der Waals surface area contributed by atoms with E-state index in [-0.39, 0.29) is 13.2 Å². The second-order valence-corrected chi connectivity index (χ2v) is 8.63. The monoisotopic (exact) mass is 473 g/mol. The highest BCUT2D eigenvalue weighted by atomic mass is 16.3. The van der Waals surface area contributed by atoms with Crippen LogP contribution in [0.5, 0.6) is 0 Å². The number of fused-ring (bicyclic) bond motifs is 1. The van der Waals surface area contributed by atoms with Crippen molar-refractivity contribution in [3.05, 3.63) is 53.8 Å². The molecule has 1 aliphatic carbocycles. The Hall–Kier alpha value is -3.64. The minimum atomic E-state index is -0.429. The van der Waals surface area contributed by atoms with Gasteiger partial charge >= 0.3 is 0 Å². The van der Waals surface area contributed by atoms with E-state index < -0.39 is 5.54 Å². The van der Waals surface area contributed by atoms with Crippen LogP contribution in [-0.2, 0) is 0 Å². The van der Waals surface area contributed by atoms with Gasteiger partial charge in [-0.15, -0.1) is 6.42 Å². The van der Waals surface area contributed by atoms with Crippen LogP contribution < -0.4 is 16.4 Å². The van der Waals surface area contributed by atoms with Crippen molar-refractivity contribution in [2.24, 2.45) is 5.73 Å². The number of nitrogens with two attached hydrogens (primary N) is 1. The number of aliphatic hydroxyl groups is 2. The first kappa shape index (κ1) is 24.5. The molecule has 182 valence electrons. The van der Waals surface area contributed by atoms with Gasteiger partial charge in [0, 0.05) is 29.8 Å². The van der Waals surface area contributed by atoms with Crippen molar-refractivity contribution in [3.8, 4) is 23.5 Å². The van der Waals surface area contributed by atoms with E-state index in [9.17, 15) is 10.2 Å². The molecule has 0 saturated heterocycles. The lowest BCUT2D eigenvalue weighted by Gasteiger charge is -2.38. The molecule has 35 heavy (non-hydrogen) atoms. The molecule has 0 aliphatic heterocycles. The summed E-state index contributed by atoms with van der Waals surface area (Å²) in [5.41, 5.74) is 9.83. The van der Waals surface area contributed by atoms with E-state index in [2.05, 4.69) is 26.5 Å². The van der Waals surface area contributed by atoms with Gasteiger partial charge in [0.2, 0.25) is 11.7 Å². The van der Waals surface area contributed by atoms with Crippen LogP contribution >= 0.6 is 0 Å². The number of aromatic nitrogens is 2. The summed E-state index contributed by atoms with van der Waals surface area (Å²) in [5.74, 6) is 4.24. The Morgan fingerprint density at radius 2 is 1.86 bits per heavy atom. The Balaban J connectivity index is 1.89. The first-order valence-corrected chi connectivity index (χ1v) is 11.7. The molecule has 6 N–H and O–H groups in total. The van der Waals surface area contributed by atoms with E-state index in [0.717, 1.165) is 41.5 Å². The van der Waals surface area contributed by atoms with Crippen molar-refractivity contribution in [3.63, 3.8) is 0 Å². The fourth-order valence-corrected chi connectivity index (χ4v) is 4.18. The number of furan rings is 1. The predicted octanol–water partition coefficient (Wildman–Crippen LogP) is 3.54. The molecule has 0 radical (unpaired) electrons. The Kier molecular flexibility index (Phi) is 7.51. The summed E-state index contributed by atoms with van der Waals surface area (Å²) >= 11 is 0. The van der Waals surface area contributed by atoms with Crippen LogP contribution in [0.1, 0.15) is 31.9 Å². The Labute approximate surface area is 205 Å². The molecule has 1 aromatic carbocycles. The number of nitrogens with zero attached hydrogens (tertiary/aromatic N) is 2. The van der Waals surface area contributed by atoms with Gasteiger partial charge in [-0.25, -0.2) is 0 Å². The van der Waals surface area contributed by atoms with Gasteiger partial charge in [0.1, 0.15) is 11.6 Å². The highest BCUT2D eigenvalue weighted by Gasteiger charge is 2.35. The molecule has 0 spiro atoms. The number of hydrogen-bond acceptors (Lipinski definition) is 8. The minimum Gasteiger partial charge on any atom is -0.437 e. The summed E-state index contributed by atoms with van der Waals surface area (Å²) in [6.07, 6.45) is 12.5. The van der Waals surface area contributed by atoms with Crippen molar-refractivity contribution in [2.45, 2.75) is 31.7 Å². The molecule has 0 bridgehead atoms. The summed E-state index contributed by atoms with van der Waals surface area (Å²) in [6, 6.07) is 9.87. The fraction of sp³-hybridized carbons (Fsp3) is 0.333. The van der Waals surface area contributed by atoms with E-state index in [4.69, 9.17) is 16.6 Å². The van der Waals surface area contributed by atoms with Crippen LogP contribution in [0.4, 0.5) is 11.8 Å². The zero-order valence-corrected chi connectivity index (χ0v) is 19.8. The topological polar surface area (TPSA) is 129 Å². The highest BCUT2D eigenvalue weighted by molar-refractivity contribution is 6.04. The van der Waals surface area contributed by atoms with Crippen LogP contribution in [-0.4, -0.2) is 52.0 Å². The lowest BCUT2D eigenvalue weighted by molar-refractivity contribution is 0.306. The van der Waals surface area contributed by atoms with Gasteiger partial charge in [-0.05, 0) is 43.4 Å². The van der Waals surface area contributed by atoms with Crippen LogP contribution in [0.2, 0.25) is 0 Å². The number of nitrogens with one attached hydrogen (secondary N) is 2. The fourth-order valence-electron chi connectivity index (χ4n) is 4.18. The van der Waals surface area contributed by atoms with Crippen LogP contribution in [0, 0.1) is 12.3 Å². The number of rotatable bonds is 10. The second kappa shape index (κ2) is 10.7. The van der Waals surface area contributed by atoms with Crippen molar-refractivity contribution in [1.82, 2.24) is 9.97 Å². The summed E-state index contributed by atoms with van der Waals surface area (Å²) in [7, 11) is 0. The third-order valence-corrected chi connectivity index (χ3v) is 6.21. The number of hydrogen-bond donors (Lipinski definition) is 5. The second-order valence-electron chi connectivity index (χ2n) is 8.63. The van der Waals surface area contributed by atoms with Gasteiger partial charge in [0.25, 0.3) is 0 Å². The molecule has 2 heterocycles. The maximum absolute atomic E-state index is 9.41. The first-order chi connectivity index (χ1) is 17.0. The maximum atomic E-state index is 9.41. The average molecular weight is 474 g/mol. The zero-order valence-electron chi connectivity index (χ0n) is 19.8.